The summed E-state index contributed by atoms with van der Waals surface area (Å²) in [5.41, 5.74) is 3.37. The van der Waals surface area contributed by atoms with Crippen molar-refractivity contribution in [3.8, 4) is 0 Å². The molecule has 1 aromatic heterocycles. The summed E-state index contributed by atoms with van der Waals surface area (Å²) in [5, 5.41) is 0. The van der Waals surface area contributed by atoms with Gasteiger partial charge in [0.1, 0.15) is 5.82 Å². The number of carbonyl (C=O) groups excluding carboxylic acids is 1. The molecule has 0 saturated heterocycles. The Morgan fingerprint density at radius 1 is 1.12 bits per heavy atom. The summed E-state index contributed by atoms with van der Waals surface area (Å²) in [6.45, 7) is 0. The second-order valence-corrected chi connectivity index (χ2v) is 8.46. The monoisotopic (exact) mass is 368 g/mol. The van der Waals surface area contributed by atoms with Gasteiger partial charge in [-0.25, -0.2) is 12.8 Å². The van der Waals surface area contributed by atoms with Gasteiger partial charge in [0, 0.05) is 4.88 Å². The van der Waals surface area contributed by atoms with Crippen LogP contribution in [0.25, 0.3) is 0 Å². The minimum absolute atomic E-state index is 0.246. The van der Waals surface area contributed by atoms with Crippen LogP contribution in [0.1, 0.15) is 39.4 Å². The lowest BCUT2D eigenvalue weighted by Crippen LogP contribution is -2.41. The van der Waals surface area contributed by atoms with Crippen molar-refractivity contribution in [3.05, 3.63) is 51.5 Å². The van der Waals surface area contributed by atoms with Gasteiger partial charge in [-0.1, -0.05) is 12.5 Å². The maximum absolute atomic E-state index is 13.1. The van der Waals surface area contributed by atoms with Gasteiger partial charge in [0.2, 0.25) is 0 Å². The van der Waals surface area contributed by atoms with Gasteiger partial charge in [-0.15, -0.1) is 16.2 Å². The molecular formula is C16H17FN2O3S2. The van der Waals surface area contributed by atoms with Crippen molar-refractivity contribution in [3.63, 3.8) is 0 Å². The van der Waals surface area contributed by atoms with Crippen LogP contribution in [0, 0.1) is 5.82 Å². The fourth-order valence-corrected chi connectivity index (χ4v) is 4.67. The molecule has 0 saturated carbocycles. The number of aryl methyl sites for hydroxylation is 2. The first kappa shape index (κ1) is 17.1. The molecule has 0 radical (unpaired) electrons. The molecule has 1 amide bonds. The summed E-state index contributed by atoms with van der Waals surface area (Å²) in [6, 6.07) is 6.42. The average Bonchev–Trinajstić information content (AvgIpc) is 2.84. The van der Waals surface area contributed by atoms with Gasteiger partial charge in [0.25, 0.3) is 15.9 Å². The zero-order chi connectivity index (χ0) is 17.2. The summed E-state index contributed by atoms with van der Waals surface area (Å²) < 4.78 is 37.3. The number of amides is 1. The van der Waals surface area contributed by atoms with Gasteiger partial charge < -0.3 is 0 Å². The first-order chi connectivity index (χ1) is 11.5. The number of hydrogen-bond donors (Lipinski definition) is 2. The lowest BCUT2D eigenvalue weighted by Gasteiger charge is -2.07. The Labute approximate surface area is 143 Å². The Morgan fingerprint density at radius 3 is 2.71 bits per heavy atom. The highest BCUT2D eigenvalue weighted by molar-refractivity contribution is 7.89. The van der Waals surface area contributed by atoms with Gasteiger partial charge in [-0.3, -0.25) is 10.2 Å². The molecule has 3 rings (SSSR count). The van der Waals surface area contributed by atoms with Crippen molar-refractivity contribution >= 4 is 27.3 Å². The number of fused-ring (bicyclic) bond motifs is 1. The number of sulfonamides is 1. The quantitative estimate of drug-likeness (QED) is 0.644. The van der Waals surface area contributed by atoms with Crippen LogP contribution in [-0.2, 0) is 22.9 Å². The van der Waals surface area contributed by atoms with E-state index in [9.17, 15) is 17.6 Å². The van der Waals surface area contributed by atoms with E-state index in [2.05, 4.69) is 5.43 Å². The number of thiophene rings is 1. The van der Waals surface area contributed by atoms with Crippen LogP contribution < -0.4 is 10.3 Å². The van der Waals surface area contributed by atoms with Gasteiger partial charge in [0.15, 0.2) is 0 Å². The van der Waals surface area contributed by atoms with Crippen LogP contribution in [-0.4, -0.2) is 14.3 Å². The highest BCUT2D eigenvalue weighted by Crippen LogP contribution is 2.28. The molecule has 1 aromatic carbocycles. The second-order valence-electron chi connectivity index (χ2n) is 5.64. The molecule has 5 nitrogen and oxygen atoms in total. The van der Waals surface area contributed by atoms with E-state index in [1.165, 1.54) is 40.3 Å². The number of rotatable bonds is 4. The first-order valence-corrected chi connectivity index (χ1v) is 9.95. The molecule has 0 bridgehead atoms. The van der Waals surface area contributed by atoms with Crippen molar-refractivity contribution in [1.29, 1.82) is 0 Å². The summed E-state index contributed by atoms with van der Waals surface area (Å²) in [5.74, 6) is -1.17. The molecule has 2 aromatic rings. The summed E-state index contributed by atoms with van der Waals surface area (Å²) >= 11 is 1.40. The lowest BCUT2D eigenvalue weighted by atomic mass is 10.1. The molecule has 1 aliphatic rings. The third-order valence-corrected chi connectivity index (χ3v) is 6.36. The van der Waals surface area contributed by atoms with E-state index in [0.717, 1.165) is 37.8 Å². The average molecular weight is 368 g/mol. The van der Waals surface area contributed by atoms with Crippen LogP contribution >= 0.6 is 11.3 Å². The van der Waals surface area contributed by atoms with Crippen LogP contribution in [0.2, 0.25) is 0 Å². The largest absolute Gasteiger partial charge is 0.276 e. The van der Waals surface area contributed by atoms with Crippen LogP contribution in [0.3, 0.4) is 0 Å². The topological polar surface area (TPSA) is 75.3 Å². The van der Waals surface area contributed by atoms with Crippen LogP contribution in [0.5, 0.6) is 0 Å². The predicted octanol–water partition coefficient (Wildman–Crippen LogP) is 2.78. The molecule has 2 N–H and O–H groups in total. The number of benzene rings is 1. The van der Waals surface area contributed by atoms with Gasteiger partial charge in [0.05, 0.1) is 9.77 Å². The first-order valence-electron chi connectivity index (χ1n) is 7.65. The Kier molecular flexibility index (Phi) is 4.98. The predicted molar refractivity (Wildman–Crippen MR) is 89.8 cm³/mol. The smallest absolute Gasteiger partial charge is 0.273 e. The standard InChI is InChI=1S/C16H17FN2O3S2/c17-12-6-4-7-13(10-12)24(21,22)19-18-16(20)15-9-11-5-2-1-3-8-14(11)23-15/h4,6-7,9-10,19H,1-3,5,8H2,(H,18,20). The lowest BCUT2D eigenvalue weighted by molar-refractivity contribution is 0.0949. The van der Waals surface area contributed by atoms with Crippen molar-refractivity contribution in [2.24, 2.45) is 0 Å². The molecular weight excluding hydrogens is 351 g/mol. The van der Waals surface area contributed by atoms with Crippen LogP contribution in [0.15, 0.2) is 35.2 Å². The number of hydrogen-bond acceptors (Lipinski definition) is 4. The molecule has 0 fully saturated rings. The maximum Gasteiger partial charge on any atom is 0.276 e. The Morgan fingerprint density at radius 2 is 1.92 bits per heavy atom. The van der Waals surface area contributed by atoms with E-state index in [0.29, 0.717) is 4.88 Å². The molecule has 0 aliphatic heterocycles. The van der Waals surface area contributed by atoms with Crippen molar-refractivity contribution in [2.75, 3.05) is 0 Å². The Balaban J connectivity index is 1.69. The second kappa shape index (κ2) is 7.00. The number of nitrogens with one attached hydrogen (secondary N) is 2. The fraction of sp³-hybridized carbons (Fsp3) is 0.312. The van der Waals surface area contributed by atoms with E-state index in [-0.39, 0.29) is 4.90 Å². The van der Waals surface area contributed by atoms with Crippen molar-refractivity contribution in [2.45, 2.75) is 37.0 Å². The zero-order valence-electron chi connectivity index (χ0n) is 12.8. The van der Waals surface area contributed by atoms with E-state index in [4.69, 9.17) is 0 Å². The molecule has 0 unspecified atom stereocenters. The van der Waals surface area contributed by atoms with E-state index in [1.54, 1.807) is 0 Å². The van der Waals surface area contributed by atoms with Gasteiger partial charge >= 0.3 is 0 Å². The van der Waals surface area contributed by atoms with E-state index >= 15 is 0 Å². The highest BCUT2D eigenvalue weighted by atomic mass is 32.2. The van der Waals surface area contributed by atoms with Crippen molar-refractivity contribution in [1.82, 2.24) is 10.3 Å². The fourth-order valence-electron chi connectivity index (χ4n) is 2.65. The SMILES string of the molecule is O=C(NNS(=O)(=O)c1cccc(F)c1)c1cc2c(s1)CCCCC2. The van der Waals surface area contributed by atoms with Crippen molar-refractivity contribution < 1.29 is 17.6 Å². The van der Waals surface area contributed by atoms with E-state index < -0.39 is 21.7 Å². The summed E-state index contributed by atoms with van der Waals surface area (Å²) in [6.07, 6.45) is 5.32. The Hall–Kier alpha value is -1.77. The normalized spacial score (nSPS) is 14.7. The Bertz CT molecular complexity index is 838. The number of hydrazine groups is 1. The molecule has 0 atom stereocenters. The third kappa shape index (κ3) is 3.82. The molecule has 0 spiro atoms. The number of halogens is 1. The molecule has 24 heavy (non-hydrogen) atoms. The molecule has 128 valence electrons. The highest BCUT2D eigenvalue weighted by Gasteiger charge is 2.19. The van der Waals surface area contributed by atoms with E-state index in [1.807, 2.05) is 10.9 Å². The minimum atomic E-state index is -4.01. The van der Waals surface area contributed by atoms with Crippen LogP contribution in [0.4, 0.5) is 4.39 Å². The third-order valence-electron chi connectivity index (χ3n) is 3.88. The summed E-state index contributed by atoms with van der Waals surface area (Å²) in [7, 11) is -4.01. The van der Waals surface area contributed by atoms with Gasteiger partial charge in [-0.2, -0.15) is 0 Å². The molecule has 8 heteroatoms. The number of carbonyl (C=O) groups is 1. The molecule has 1 heterocycles. The summed E-state index contributed by atoms with van der Waals surface area (Å²) in [4.78, 5) is 15.6. The maximum atomic E-state index is 13.1. The minimum Gasteiger partial charge on any atom is -0.273 e. The molecule has 1 aliphatic carbocycles. The van der Waals surface area contributed by atoms with Gasteiger partial charge in [-0.05, 0) is 55.5 Å². The zero-order valence-corrected chi connectivity index (χ0v) is 14.5.